The largest absolute Gasteiger partial charge is 0.455 e. The number of alkyl halides is 6. The molecule has 4 aromatic carbocycles. The summed E-state index contributed by atoms with van der Waals surface area (Å²) in [5, 5.41) is 22.4. The molecule has 4 aromatic rings. The number of nitro benzene ring substituents is 2. The van der Waals surface area contributed by atoms with Gasteiger partial charge < -0.3 is 28.4 Å². The monoisotopic (exact) mass is 1210 g/mol. The van der Waals surface area contributed by atoms with Crippen LogP contribution in [0.4, 0.5) is 37.7 Å². The van der Waals surface area contributed by atoms with Crippen molar-refractivity contribution in [1.29, 1.82) is 0 Å². The number of nitro groups is 2. The zero-order valence-corrected chi connectivity index (χ0v) is 46.6. The van der Waals surface area contributed by atoms with Crippen molar-refractivity contribution in [2.75, 3.05) is 53.9 Å². The molecule has 28 heteroatoms. The van der Waals surface area contributed by atoms with E-state index in [-0.39, 0.29) is 13.2 Å². The first-order valence-corrected chi connectivity index (χ1v) is 28.9. The van der Waals surface area contributed by atoms with Crippen LogP contribution in [0.15, 0.2) is 119 Å². The third-order valence-electron chi connectivity index (χ3n) is 12.8. The molecule has 0 spiro atoms. The highest BCUT2D eigenvalue weighted by atomic mass is 32.2. The summed E-state index contributed by atoms with van der Waals surface area (Å²) in [6.45, 7) is -2.94. The average Bonchev–Trinajstić information content (AvgIpc) is 3.43. The van der Waals surface area contributed by atoms with E-state index in [1.807, 2.05) is 0 Å². The topological polar surface area (TPSA) is 263 Å². The highest BCUT2D eigenvalue weighted by Crippen LogP contribution is 2.44. The fourth-order valence-corrected chi connectivity index (χ4v) is 10.4. The highest BCUT2D eigenvalue weighted by Gasteiger charge is 2.65. The van der Waals surface area contributed by atoms with Gasteiger partial charge in [-0.05, 0) is 25.0 Å². The molecule has 82 heavy (non-hydrogen) atoms. The van der Waals surface area contributed by atoms with Crippen molar-refractivity contribution in [2.45, 2.75) is 135 Å². The van der Waals surface area contributed by atoms with E-state index in [4.69, 9.17) is 36.8 Å². The predicted octanol–water partition coefficient (Wildman–Crippen LogP) is 11.1. The Morgan fingerprint density at radius 2 is 0.768 bits per heavy atom. The van der Waals surface area contributed by atoms with Crippen molar-refractivity contribution in [3.8, 4) is 0 Å². The molecular formula is C54H66F6N2O18S2. The van der Waals surface area contributed by atoms with Gasteiger partial charge in [-0.2, -0.15) is 43.2 Å². The lowest BCUT2D eigenvalue weighted by molar-refractivity contribution is -0.385. The van der Waals surface area contributed by atoms with Crippen LogP contribution in [-0.2, 0) is 77.8 Å². The zero-order chi connectivity index (χ0) is 60.5. The minimum Gasteiger partial charge on any atom is -0.455 e. The van der Waals surface area contributed by atoms with Crippen LogP contribution in [0.1, 0.15) is 101 Å². The normalized spacial score (nSPS) is 14.5. The van der Waals surface area contributed by atoms with Gasteiger partial charge in [0.25, 0.3) is 42.8 Å². The first-order chi connectivity index (χ1) is 38.9. The summed E-state index contributed by atoms with van der Waals surface area (Å²) < 4.78 is 181. The first kappa shape index (κ1) is 68.4. The molecule has 0 saturated heterocycles. The van der Waals surface area contributed by atoms with Crippen LogP contribution in [0.25, 0.3) is 0 Å². The second kappa shape index (κ2) is 32.6. The Morgan fingerprint density at radius 1 is 0.463 bits per heavy atom. The Balaban J connectivity index is 1.14. The van der Waals surface area contributed by atoms with Gasteiger partial charge in [0, 0.05) is 62.8 Å². The summed E-state index contributed by atoms with van der Waals surface area (Å²) >= 11 is 0. The lowest BCUT2D eigenvalue weighted by atomic mass is 9.92. The second-order valence-corrected chi connectivity index (χ2v) is 21.9. The minimum atomic E-state index is -5.33. The number of benzene rings is 4. The maximum atomic E-state index is 14.6. The van der Waals surface area contributed by atoms with Crippen molar-refractivity contribution in [3.63, 3.8) is 0 Å². The van der Waals surface area contributed by atoms with E-state index in [0.29, 0.717) is 27.1 Å². The van der Waals surface area contributed by atoms with E-state index >= 15 is 0 Å². The smallest absolute Gasteiger partial charge is 0.432 e. The van der Waals surface area contributed by atoms with Gasteiger partial charge in [-0.15, -0.1) is 0 Å². The summed E-state index contributed by atoms with van der Waals surface area (Å²) in [5.41, 5.74) is -9.50. The van der Waals surface area contributed by atoms with Crippen LogP contribution in [0.5, 0.6) is 0 Å². The molecule has 454 valence electrons. The van der Waals surface area contributed by atoms with Gasteiger partial charge in [-0.3, -0.25) is 28.6 Å². The van der Waals surface area contributed by atoms with Gasteiger partial charge in [0.05, 0.1) is 23.1 Å². The molecule has 0 aliphatic carbocycles. The maximum Gasteiger partial charge on any atom is 0.432 e. The van der Waals surface area contributed by atoms with E-state index in [0.717, 1.165) is 150 Å². The molecule has 0 radical (unpaired) electrons. The van der Waals surface area contributed by atoms with Crippen molar-refractivity contribution in [3.05, 3.63) is 141 Å². The number of hydrogen-bond acceptors (Lipinski definition) is 18. The fourth-order valence-electron chi connectivity index (χ4n) is 8.41. The third-order valence-corrected chi connectivity index (χ3v) is 15.3. The van der Waals surface area contributed by atoms with E-state index in [9.17, 15) is 73.0 Å². The molecule has 0 unspecified atom stereocenters. The van der Waals surface area contributed by atoms with Gasteiger partial charge in [0.15, 0.2) is 0 Å². The Labute approximate surface area is 471 Å². The molecule has 0 aromatic heterocycles. The van der Waals surface area contributed by atoms with Crippen LogP contribution < -0.4 is 0 Å². The zero-order valence-electron chi connectivity index (χ0n) is 45.0. The molecule has 0 aliphatic heterocycles. The quantitative estimate of drug-likeness (QED) is 0.0100. The minimum absolute atomic E-state index is 0.0846. The molecule has 0 fully saturated rings. The van der Waals surface area contributed by atoms with Crippen molar-refractivity contribution < 1.29 is 99.4 Å². The Kier molecular flexibility index (Phi) is 27.2. The maximum absolute atomic E-state index is 14.6. The van der Waals surface area contributed by atoms with Crippen LogP contribution in [0.3, 0.4) is 0 Å². The van der Waals surface area contributed by atoms with Gasteiger partial charge in [-0.25, -0.2) is 9.59 Å². The van der Waals surface area contributed by atoms with E-state index in [2.05, 4.69) is 0 Å². The average molecular weight is 1210 g/mol. The summed E-state index contributed by atoms with van der Waals surface area (Å²) in [6.07, 6.45) is -2.03. The first-order valence-electron chi connectivity index (χ1n) is 26.1. The lowest BCUT2D eigenvalue weighted by Crippen LogP contribution is -2.53. The summed E-state index contributed by atoms with van der Waals surface area (Å²) in [7, 11) is -8.11. The predicted molar refractivity (Wildman–Crippen MR) is 281 cm³/mol. The SMILES string of the molecule is CO[C@@](C(=O)O[C@H](COCCCCCCCCCCCCCCCCOC[C@H](COS(=O)(=O)c1cccc([N+](=O)[O-])c1)OC(=O)[C@](OC)(c1ccccc1)C(F)(F)F)COS(=O)(=O)c1cccc([N+](=O)[O-])c1)(c1ccccc1)C(F)(F)F. The fraction of sp³-hybridized carbons (Fsp3) is 0.519. The number of esters is 2. The van der Waals surface area contributed by atoms with E-state index in [1.165, 1.54) is 36.4 Å². The molecular weight excluding hydrogens is 1140 g/mol. The number of carbonyl (C=O) groups excluding carboxylic acids is 2. The van der Waals surface area contributed by atoms with Crippen molar-refractivity contribution in [2.24, 2.45) is 0 Å². The van der Waals surface area contributed by atoms with Gasteiger partial charge >= 0.3 is 24.3 Å². The molecule has 0 aliphatic rings. The summed E-state index contributed by atoms with van der Waals surface area (Å²) in [4.78, 5) is 46.3. The third kappa shape index (κ3) is 19.8. The summed E-state index contributed by atoms with van der Waals surface area (Å²) in [6, 6.07) is 19.8. The Hall–Kier alpha value is -6.14. The number of nitrogens with zero attached hydrogens (tertiary/aromatic N) is 2. The number of hydrogen-bond donors (Lipinski definition) is 0. The molecule has 0 bridgehead atoms. The van der Waals surface area contributed by atoms with Crippen LogP contribution in [0.2, 0.25) is 0 Å². The molecule has 4 rings (SSSR count). The van der Waals surface area contributed by atoms with E-state index in [1.54, 1.807) is 0 Å². The number of carbonyl (C=O) groups is 2. The standard InChI is InChI=1S/C54H66F6N2O18S2/c1-73-51(53(55,56)57,41-25-17-15-18-26-41)49(63)79-45(39-77-81(69,70)47-31-23-29-43(35-47)61(65)66)37-75-33-21-13-11-9-7-5-3-4-6-8-10-12-14-22-34-76-38-46(40-78-82(71,72)48-32-24-30-44(36-48)62(67)68)80-50(64)52(74-2,54(58,59)60)42-27-19-16-20-28-42/h15-20,23-32,35-36,45-46H,3-14,21-22,33-34,37-40H2,1-2H3/t45-,46-,51-,52-/m1/s1. The number of halogens is 6. The van der Waals surface area contributed by atoms with E-state index < -0.39 is 137 Å². The number of non-ortho nitro benzene ring substituents is 2. The highest BCUT2D eigenvalue weighted by molar-refractivity contribution is 7.87. The number of ether oxygens (including phenoxy) is 6. The molecule has 0 amide bonds. The Bertz CT molecular complexity index is 2680. The lowest BCUT2D eigenvalue weighted by Gasteiger charge is -2.33. The summed E-state index contributed by atoms with van der Waals surface area (Å²) in [5.74, 6) is -3.81. The molecule has 4 atom stereocenters. The van der Waals surface area contributed by atoms with Crippen LogP contribution >= 0.6 is 0 Å². The molecule has 0 heterocycles. The second-order valence-electron chi connectivity index (χ2n) is 18.6. The van der Waals surface area contributed by atoms with Crippen LogP contribution in [0, 0.1) is 20.2 Å². The molecule has 20 nitrogen and oxygen atoms in total. The Morgan fingerprint density at radius 3 is 1.05 bits per heavy atom. The van der Waals surface area contributed by atoms with Crippen LogP contribution in [-0.4, -0.2) is 117 Å². The van der Waals surface area contributed by atoms with Gasteiger partial charge in [0.1, 0.15) is 35.2 Å². The van der Waals surface area contributed by atoms with Gasteiger partial charge in [0.2, 0.25) is 0 Å². The molecule has 0 saturated carbocycles. The number of rotatable bonds is 39. The number of unbranched alkanes of at least 4 members (excludes halogenated alkanes) is 13. The molecule has 0 N–H and O–H groups in total. The van der Waals surface area contributed by atoms with Crippen molar-refractivity contribution >= 4 is 43.5 Å². The van der Waals surface area contributed by atoms with Crippen molar-refractivity contribution in [1.82, 2.24) is 0 Å². The van der Waals surface area contributed by atoms with Gasteiger partial charge in [-0.1, -0.05) is 150 Å². The number of methoxy groups -OCH3 is 2.